The van der Waals surface area contributed by atoms with Crippen molar-refractivity contribution in [2.45, 2.75) is 39.2 Å². The fourth-order valence-corrected chi connectivity index (χ4v) is 2.75. The van der Waals surface area contributed by atoms with Crippen LogP contribution in [0.1, 0.15) is 43.5 Å². The smallest absolute Gasteiger partial charge is 0.342 e. The number of nitrogens with zero attached hydrogens (tertiary/aromatic N) is 1. The SMILES string of the molecule is CC1(C)CCCC1Nc1ccc(C(=O)O)c([N+](=O)[O-])c1. The molecule has 0 bridgehead atoms. The quantitative estimate of drug-likeness (QED) is 0.651. The van der Waals surface area contributed by atoms with Crippen LogP contribution in [0.2, 0.25) is 0 Å². The molecule has 0 amide bonds. The molecule has 6 heteroatoms. The van der Waals surface area contributed by atoms with E-state index in [4.69, 9.17) is 5.11 Å². The van der Waals surface area contributed by atoms with Crippen molar-refractivity contribution in [2.75, 3.05) is 5.32 Å². The van der Waals surface area contributed by atoms with Crippen molar-refractivity contribution in [2.24, 2.45) is 5.41 Å². The van der Waals surface area contributed by atoms with Crippen molar-refractivity contribution in [3.05, 3.63) is 33.9 Å². The Bertz CT molecular complexity index is 554. The van der Waals surface area contributed by atoms with Gasteiger partial charge in [0.2, 0.25) is 0 Å². The fourth-order valence-electron chi connectivity index (χ4n) is 2.75. The number of anilines is 1. The van der Waals surface area contributed by atoms with Gasteiger partial charge in [-0.05, 0) is 30.4 Å². The van der Waals surface area contributed by atoms with Crippen molar-refractivity contribution in [3.63, 3.8) is 0 Å². The van der Waals surface area contributed by atoms with E-state index in [9.17, 15) is 14.9 Å². The second-order valence-electron chi connectivity index (χ2n) is 5.87. The molecule has 2 N–H and O–H groups in total. The van der Waals surface area contributed by atoms with E-state index < -0.39 is 10.9 Å². The Morgan fingerprint density at radius 1 is 1.50 bits per heavy atom. The molecule has 1 aromatic carbocycles. The van der Waals surface area contributed by atoms with Crippen LogP contribution in [0.5, 0.6) is 0 Å². The Labute approximate surface area is 117 Å². The van der Waals surface area contributed by atoms with Gasteiger partial charge in [-0.3, -0.25) is 10.1 Å². The minimum Gasteiger partial charge on any atom is -0.477 e. The second-order valence-corrected chi connectivity index (χ2v) is 5.87. The van der Waals surface area contributed by atoms with Crippen LogP contribution in [-0.4, -0.2) is 22.0 Å². The van der Waals surface area contributed by atoms with Crippen LogP contribution in [0.15, 0.2) is 18.2 Å². The number of rotatable bonds is 4. The van der Waals surface area contributed by atoms with E-state index in [1.54, 1.807) is 6.07 Å². The number of carbonyl (C=O) groups is 1. The number of aromatic carboxylic acids is 1. The van der Waals surface area contributed by atoms with Gasteiger partial charge in [0.15, 0.2) is 0 Å². The number of nitrogens with one attached hydrogen (secondary N) is 1. The maximum Gasteiger partial charge on any atom is 0.342 e. The summed E-state index contributed by atoms with van der Waals surface area (Å²) in [5, 5.41) is 23.2. The van der Waals surface area contributed by atoms with E-state index in [-0.39, 0.29) is 22.7 Å². The first-order valence-electron chi connectivity index (χ1n) is 6.59. The first-order valence-corrected chi connectivity index (χ1v) is 6.59. The van der Waals surface area contributed by atoms with Crippen LogP contribution in [0, 0.1) is 15.5 Å². The summed E-state index contributed by atoms with van der Waals surface area (Å²) in [7, 11) is 0. The third-order valence-corrected chi connectivity index (χ3v) is 4.02. The highest BCUT2D eigenvalue weighted by atomic mass is 16.6. The summed E-state index contributed by atoms with van der Waals surface area (Å²) in [6.07, 6.45) is 3.25. The first-order chi connectivity index (χ1) is 9.31. The molecule has 0 aliphatic heterocycles. The molecule has 1 saturated carbocycles. The van der Waals surface area contributed by atoms with Gasteiger partial charge in [-0.25, -0.2) is 4.79 Å². The monoisotopic (exact) mass is 278 g/mol. The summed E-state index contributed by atoms with van der Waals surface area (Å²) in [6.45, 7) is 4.33. The molecule has 0 spiro atoms. The predicted molar refractivity (Wildman–Crippen MR) is 75.1 cm³/mol. The summed E-state index contributed by atoms with van der Waals surface area (Å²) in [5.41, 5.74) is 0.0754. The molecule has 0 radical (unpaired) electrons. The summed E-state index contributed by atoms with van der Waals surface area (Å²) < 4.78 is 0. The molecular weight excluding hydrogens is 260 g/mol. The molecule has 1 fully saturated rings. The topological polar surface area (TPSA) is 92.5 Å². The summed E-state index contributed by atoms with van der Waals surface area (Å²) in [5.74, 6) is -1.29. The molecule has 20 heavy (non-hydrogen) atoms. The lowest BCUT2D eigenvalue weighted by molar-refractivity contribution is -0.385. The van der Waals surface area contributed by atoms with E-state index in [1.165, 1.54) is 12.1 Å². The van der Waals surface area contributed by atoms with Gasteiger partial charge in [0.25, 0.3) is 5.69 Å². The van der Waals surface area contributed by atoms with E-state index in [0.29, 0.717) is 5.69 Å². The molecule has 0 heterocycles. The van der Waals surface area contributed by atoms with Crippen LogP contribution in [0.25, 0.3) is 0 Å². The number of carboxylic acids is 1. The lowest BCUT2D eigenvalue weighted by atomic mass is 9.87. The Morgan fingerprint density at radius 2 is 2.20 bits per heavy atom. The maximum absolute atomic E-state index is 11.0. The lowest BCUT2D eigenvalue weighted by Crippen LogP contribution is -2.30. The van der Waals surface area contributed by atoms with E-state index in [1.807, 2.05) is 0 Å². The molecule has 0 saturated heterocycles. The third-order valence-electron chi connectivity index (χ3n) is 4.02. The standard InChI is InChI=1S/C14H18N2O4/c1-14(2)7-3-4-12(14)15-9-5-6-10(13(17)18)11(8-9)16(19)20/h5-6,8,12,15H,3-4,7H2,1-2H3,(H,17,18). The predicted octanol–water partition coefficient (Wildman–Crippen LogP) is 3.28. The van der Waals surface area contributed by atoms with E-state index in [0.717, 1.165) is 19.3 Å². The van der Waals surface area contributed by atoms with Crippen LogP contribution in [0.3, 0.4) is 0 Å². The first kappa shape index (κ1) is 14.3. The van der Waals surface area contributed by atoms with Crippen molar-refractivity contribution >= 4 is 17.3 Å². The molecule has 1 unspecified atom stereocenters. The van der Waals surface area contributed by atoms with Gasteiger partial charge in [0.05, 0.1) is 4.92 Å². The average Bonchev–Trinajstić information content (AvgIpc) is 2.68. The highest BCUT2D eigenvalue weighted by Crippen LogP contribution is 2.39. The fraction of sp³-hybridized carbons (Fsp3) is 0.500. The van der Waals surface area contributed by atoms with Crippen LogP contribution < -0.4 is 5.32 Å². The van der Waals surface area contributed by atoms with Crippen LogP contribution >= 0.6 is 0 Å². The van der Waals surface area contributed by atoms with Gasteiger partial charge >= 0.3 is 5.97 Å². The van der Waals surface area contributed by atoms with E-state index >= 15 is 0 Å². The van der Waals surface area contributed by atoms with E-state index in [2.05, 4.69) is 19.2 Å². The number of hydrogen-bond acceptors (Lipinski definition) is 4. The summed E-state index contributed by atoms with van der Waals surface area (Å²) in [4.78, 5) is 21.3. The number of benzene rings is 1. The van der Waals surface area contributed by atoms with Crippen LogP contribution in [0.4, 0.5) is 11.4 Å². The van der Waals surface area contributed by atoms with Crippen LogP contribution in [-0.2, 0) is 0 Å². The normalized spacial score (nSPS) is 20.6. The van der Waals surface area contributed by atoms with Crippen molar-refractivity contribution in [1.29, 1.82) is 0 Å². The van der Waals surface area contributed by atoms with Crippen molar-refractivity contribution in [3.8, 4) is 0 Å². The lowest BCUT2D eigenvalue weighted by Gasteiger charge is -2.28. The third kappa shape index (κ3) is 2.74. The van der Waals surface area contributed by atoms with Gasteiger partial charge in [0, 0.05) is 17.8 Å². The Hall–Kier alpha value is -2.11. The zero-order valence-electron chi connectivity index (χ0n) is 11.5. The molecule has 0 aromatic heterocycles. The second kappa shape index (κ2) is 5.11. The Kier molecular flexibility index (Phi) is 3.65. The number of nitro groups is 1. The molecule has 6 nitrogen and oxygen atoms in total. The molecule has 1 aliphatic rings. The molecule has 1 atom stereocenters. The average molecular weight is 278 g/mol. The Balaban J connectivity index is 2.28. The number of carboxylic acid groups (broad SMARTS) is 1. The largest absolute Gasteiger partial charge is 0.477 e. The summed E-state index contributed by atoms with van der Waals surface area (Å²) >= 11 is 0. The van der Waals surface area contributed by atoms with Gasteiger partial charge in [-0.2, -0.15) is 0 Å². The molecule has 2 rings (SSSR count). The zero-order valence-corrected chi connectivity index (χ0v) is 11.5. The minimum atomic E-state index is -1.29. The van der Waals surface area contributed by atoms with Crippen molar-refractivity contribution in [1.82, 2.24) is 0 Å². The molecular formula is C14H18N2O4. The maximum atomic E-state index is 11.0. The Morgan fingerprint density at radius 3 is 2.70 bits per heavy atom. The van der Waals surface area contributed by atoms with Gasteiger partial charge in [-0.15, -0.1) is 0 Å². The zero-order chi connectivity index (χ0) is 14.9. The van der Waals surface area contributed by atoms with Gasteiger partial charge in [-0.1, -0.05) is 20.3 Å². The van der Waals surface area contributed by atoms with Gasteiger partial charge in [0.1, 0.15) is 5.56 Å². The highest BCUT2D eigenvalue weighted by Gasteiger charge is 2.34. The number of hydrogen-bond donors (Lipinski definition) is 2. The molecule has 1 aliphatic carbocycles. The summed E-state index contributed by atoms with van der Waals surface area (Å²) in [6, 6.07) is 4.42. The minimum absolute atomic E-state index is 0.139. The van der Waals surface area contributed by atoms with Crippen molar-refractivity contribution < 1.29 is 14.8 Å². The van der Waals surface area contributed by atoms with Gasteiger partial charge < -0.3 is 10.4 Å². The number of nitro benzene ring substituents is 1. The molecule has 108 valence electrons. The highest BCUT2D eigenvalue weighted by molar-refractivity contribution is 5.93. The molecule has 1 aromatic rings.